The second-order valence-corrected chi connectivity index (χ2v) is 24.5. The van der Waals surface area contributed by atoms with Crippen LogP contribution in [0.25, 0.3) is 0 Å². The molecule has 0 aromatic carbocycles. The average molecular weight is 1100 g/mol. The van der Waals surface area contributed by atoms with Crippen LogP contribution in [0.15, 0.2) is 12.2 Å². The number of hydrogen-bond acceptors (Lipinski definition) is 6. The van der Waals surface area contributed by atoms with E-state index < -0.39 is 6.10 Å². The van der Waals surface area contributed by atoms with Crippen molar-refractivity contribution in [2.45, 2.75) is 419 Å². The van der Waals surface area contributed by atoms with E-state index in [1.165, 1.54) is 315 Å². The summed E-state index contributed by atoms with van der Waals surface area (Å²) in [6.45, 7) is 6.73. The number of hydrogen-bond donors (Lipinski definition) is 0. The molecule has 6 nitrogen and oxygen atoms in total. The fourth-order valence-corrected chi connectivity index (χ4v) is 11.2. The maximum atomic E-state index is 13.0. The Kier molecular flexibility index (Phi) is 66.0. The third-order valence-corrected chi connectivity index (χ3v) is 16.5. The molecule has 0 aliphatic heterocycles. The van der Waals surface area contributed by atoms with Gasteiger partial charge in [-0.25, -0.2) is 0 Å². The summed E-state index contributed by atoms with van der Waals surface area (Å²) in [5, 5.41) is 0. The Morgan fingerprint density at radius 1 is 0.244 bits per heavy atom. The summed E-state index contributed by atoms with van der Waals surface area (Å²) in [6.07, 6.45) is 81.0. The molecule has 0 aliphatic rings. The Bertz CT molecular complexity index is 1210. The van der Waals surface area contributed by atoms with Gasteiger partial charge in [0.1, 0.15) is 13.2 Å². The first-order valence-electron chi connectivity index (χ1n) is 35.7. The number of allylic oxidation sites excluding steroid dienone is 2. The summed E-state index contributed by atoms with van der Waals surface area (Å²) in [7, 11) is 0. The van der Waals surface area contributed by atoms with Gasteiger partial charge in [0.15, 0.2) is 6.10 Å². The van der Waals surface area contributed by atoms with E-state index in [0.29, 0.717) is 19.3 Å². The first-order chi connectivity index (χ1) is 38.5. The molecule has 0 rings (SSSR count). The van der Waals surface area contributed by atoms with Crippen LogP contribution in [0.1, 0.15) is 412 Å². The first kappa shape index (κ1) is 76.1. The number of rotatable bonds is 67. The molecule has 0 N–H and O–H groups in total. The Labute approximate surface area is 488 Å². The van der Waals surface area contributed by atoms with Crippen LogP contribution >= 0.6 is 0 Å². The van der Waals surface area contributed by atoms with Gasteiger partial charge in [-0.1, -0.05) is 360 Å². The van der Waals surface area contributed by atoms with Gasteiger partial charge in [0, 0.05) is 19.3 Å². The molecule has 0 radical (unpaired) electrons. The lowest BCUT2D eigenvalue weighted by molar-refractivity contribution is -0.167. The van der Waals surface area contributed by atoms with Gasteiger partial charge in [0.05, 0.1) is 0 Å². The van der Waals surface area contributed by atoms with Gasteiger partial charge >= 0.3 is 17.9 Å². The third kappa shape index (κ3) is 65.0. The molecule has 1 atom stereocenters. The predicted molar refractivity (Wildman–Crippen MR) is 340 cm³/mol. The maximum absolute atomic E-state index is 13.0. The molecule has 0 bridgehead atoms. The molecule has 6 heteroatoms. The minimum atomic E-state index is -0.766. The smallest absolute Gasteiger partial charge is 0.306 e. The zero-order chi connectivity index (χ0) is 56.4. The summed E-state index contributed by atoms with van der Waals surface area (Å²) in [5.74, 6) is -0.825. The van der Waals surface area contributed by atoms with Crippen LogP contribution in [0.3, 0.4) is 0 Å². The van der Waals surface area contributed by atoms with Crippen molar-refractivity contribution in [1.82, 2.24) is 0 Å². The van der Waals surface area contributed by atoms with Gasteiger partial charge in [-0.15, -0.1) is 0 Å². The molecule has 0 aromatic heterocycles. The zero-order valence-electron chi connectivity index (χ0n) is 53.2. The summed E-state index contributed by atoms with van der Waals surface area (Å²) in [6, 6.07) is 0. The lowest BCUT2D eigenvalue weighted by atomic mass is 10.0. The molecule has 462 valence electrons. The number of carbonyl (C=O) groups excluding carboxylic acids is 3. The minimum Gasteiger partial charge on any atom is -0.462 e. The van der Waals surface area contributed by atoms with E-state index in [9.17, 15) is 14.4 Å². The van der Waals surface area contributed by atoms with Crippen molar-refractivity contribution in [3.8, 4) is 0 Å². The monoisotopic (exact) mass is 1100 g/mol. The highest BCUT2D eigenvalue weighted by atomic mass is 16.6. The van der Waals surface area contributed by atoms with Crippen LogP contribution in [-0.2, 0) is 28.6 Å². The van der Waals surface area contributed by atoms with Crippen molar-refractivity contribution in [2.75, 3.05) is 13.2 Å². The average Bonchev–Trinajstić information content (AvgIpc) is 3.44. The molecule has 0 fully saturated rings. The van der Waals surface area contributed by atoms with Gasteiger partial charge in [0.25, 0.3) is 0 Å². The molecule has 0 saturated carbocycles. The lowest BCUT2D eigenvalue weighted by Crippen LogP contribution is -2.30. The van der Waals surface area contributed by atoms with Crippen molar-refractivity contribution in [3.63, 3.8) is 0 Å². The van der Waals surface area contributed by atoms with Crippen LogP contribution in [0.4, 0.5) is 0 Å². The summed E-state index contributed by atoms with van der Waals surface area (Å²) < 4.78 is 17.0. The van der Waals surface area contributed by atoms with Gasteiger partial charge < -0.3 is 14.2 Å². The van der Waals surface area contributed by atoms with Crippen molar-refractivity contribution < 1.29 is 28.6 Å². The molecule has 0 amide bonds. The fourth-order valence-electron chi connectivity index (χ4n) is 11.2. The van der Waals surface area contributed by atoms with E-state index in [1.54, 1.807) is 0 Å². The van der Waals surface area contributed by atoms with E-state index in [2.05, 4.69) is 32.9 Å². The van der Waals surface area contributed by atoms with E-state index in [1.807, 2.05) is 0 Å². The molecule has 0 saturated heterocycles. The predicted octanol–water partition coefficient (Wildman–Crippen LogP) is 24.4. The van der Waals surface area contributed by atoms with E-state index in [0.717, 1.165) is 57.8 Å². The highest BCUT2D eigenvalue weighted by Crippen LogP contribution is 2.19. The van der Waals surface area contributed by atoms with Crippen LogP contribution in [-0.4, -0.2) is 37.2 Å². The fraction of sp³-hybridized carbons (Fsp3) is 0.931. The molecule has 0 aromatic rings. The quantitative estimate of drug-likeness (QED) is 0.0261. The van der Waals surface area contributed by atoms with Gasteiger partial charge in [-0.3, -0.25) is 14.4 Å². The SMILES string of the molecule is CCCCCCCCCC/C=C\CCCCCCCCCCCCCCCC(=O)OCC(COC(=O)CCCCCCCCCCCCCCCC)OC(=O)CCCCCCCCCCCCCCCCCCCCCCC. The van der Waals surface area contributed by atoms with E-state index in [4.69, 9.17) is 14.2 Å². The Morgan fingerprint density at radius 3 is 0.641 bits per heavy atom. The van der Waals surface area contributed by atoms with Gasteiger partial charge in [0.2, 0.25) is 0 Å². The van der Waals surface area contributed by atoms with Crippen molar-refractivity contribution in [3.05, 3.63) is 12.2 Å². The van der Waals surface area contributed by atoms with E-state index in [-0.39, 0.29) is 31.1 Å². The molecule has 0 aliphatic carbocycles. The van der Waals surface area contributed by atoms with Crippen LogP contribution < -0.4 is 0 Å². The minimum absolute atomic E-state index is 0.0624. The maximum Gasteiger partial charge on any atom is 0.306 e. The number of carbonyl (C=O) groups is 3. The van der Waals surface area contributed by atoms with Gasteiger partial charge in [-0.05, 0) is 44.9 Å². The Balaban J connectivity index is 4.22. The second-order valence-electron chi connectivity index (χ2n) is 24.5. The largest absolute Gasteiger partial charge is 0.462 e. The molecule has 0 heterocycles. The van der Waals surface area contributed by atoms with Crippen LogP contribution in [0.5, 0.6) is 0 Å². The molecule has 78 heavy (non-hydrogen) atoms. The van der Waals surface area contributed by atoms with Gasteiger partial charge in [-0.2, -0.15) is 0 Å². The third-order valence-electron chi connectivity index (χ3n) is 16.5. The highest BCUT2D eigenvalue weighted by Gasteiger charge is 2.19. The Morgan fingerprint density at radius 2 is 0.423 bits per heavy atom. The molecular formula is C72H138O6. The second kappa shape index (κ2) is 67.7. The molecule has 1 unspecified atom stereocenters. The number of unbranched alkanes of at least 4 members (excludes halogenated alkanes) is 54. The van der Waals surface area contributed by atoms with Crippen molar-refractivity contribution in [2.24, 2.45) is 0 Å². The number of ether oxygens (including phenoxy) is 3. The number of esters is 3. The highest BCUT2D eigenvalue weighted by molar-refractivity contribution is 5.71. The van der Waals surface area contributed by atoms with E-state index >= 15 is 0 Å². The summed E-state index contributed by atoms with van der Waals surface area (Å²) in [5.41, 5.74) is 0. The van der Waals surface area contributed by atoms with Crippen molar-refractivity contribution in [1.29, 1.82) is 0 Å². The molecular weight excluding hydrogens is 961 g/mol. The Hall–Kier alpha value is -1.85. The normalized spacial score (nSPS) is 12.0. The van der Waals surface area contributed by atoms with Crippen LogP contribution in [0.2, 0.25) is 0 Å². The summed E-state index contributed by atoms with van der Waals surface area (Å²) >= 11 is 0. The van der Waals surface area contributed by atoms with Crippen molar-refractivity contribution >= 4 is 17.9 Å². The lowest BCUT2D eigenvalue weighted by Gasteiger charge is -2.18. The van der Waals surface area contributed by atoms with Crippen LogP contribution in [0, 0.1) is 0 Å². The summed E-state index contributed by atoms with van der Waals surface area (Å²) in [4.78, 5) is 38.4. The zero-order valence-corrected chi connectivity index (χ0v) is 53.2. The molecule has 0 spiro atoms. The topological polar surface area (TPSA) is 78.9 Å². The standard InChI is InChI=1S/C72H138O6/c1-4-7-10-13-16-19-22-25-28-30-32-34-35-36-37-39-40-42-44-47-50-53-56-59-62-65-71(74)77-68-69(67-76-70(73)64-61-58-55-52-49-46-27-24-21-18-15-12-9-6-3)78-72(75)66-63-60-57-54-51-48-45-43-41-38-33-31-29-26-23-20-17-14-11-8-5-2/h30,32,69H,4-29,31,33-68H2,1-3H3/b32-30-. The first-order valence-corrected chi connectivity index (χ1v) is 35.7.